The van der Waals surface area contributed by atoms with E-state index in [1.165, 1.54) is 0 Å². The van der Waals surface area contributed by atoms with Gasteiger partial charge in [0, 0.05) is 25.7 Å². The monoisotopic (exact) mass is 296 g/mol. The van der Waals surface area contributed by atoms with E-state index in [1.807, 2.05) is 0 Å². The van der Waals surface area contributed by atoms with Gasteiger partial charge in [-0.1, -0.05) is 6.42 Å². The van der Waals surface area contributed by atoms with E-state index >= 15 is 0 Å². The molecule has 1 saturated heterocycles. The molecule has 0 atom stereocenters. The van der Waals surface area contributed by atoms with E-state index in [-0.39, 0.29) is 5.41 Å². The molecule has 1 amide bonds. The summed E-state index contributed by atoms with van der Waals surface area (Å²) in [5.41, 5.74) is 5.71. The fraction of sp³-hybridized carbons (Fsp3) is 0.938. The van der Waals surface area contributed by atoms with Crippen LogP contribution in [0.2, 0.25) is 0 Å². The molecule has 5 nitrogen and oxygen atoms in total. The Balaban J connectivity index is 2.05. The second-order valence-corrected chi connectivity index (χ2v) is 7.17. The first kappa shape index (κ1) is 16.7. The molecule has 2 rings (SSSR count). The number of amides is 1. The van der Waals surface area contributed by atoms with Gasteiger partial charge in [0.15, 0.2) is 0 Å². The van der Waals surface area contributed by atoms with Gasteiger partial charge in [-0.05, 0) is 59.9 Å². The van der Waals surface area contributed by atoms with Crippen molar-refractivity contribution in [3.8, 4) is 0 Å². The van der Waals surface area contributed by atoms with E-state index in [4.69, 9.17) is 5.73 Å². The highest BCUT2D eigenvalue weighted by Gasteiger charge is 2.46. The minimum Gasteiger partial charge on any atom is -0.338 e. The molecule has 5 heteroatoms. The lowest BCUT2D eigenvalue weighted by atomic mass is 9.67. The number of nitrogens with two attached hydrogens (primary N) is 1. The first-order valence-corrected chi connectivity index (χ1v) is 8.33. The molecule has 1 heterocycles. The predicted molar refractivity (Wildman–Crippen MR) is 86.1 cm³/mol. The first-order chi connectivity index (χ1) is 9.98. The molecule has 2 N–H and O–H groups in total. The number of likely N-dealkylation sites (tertiary alicyclic amines) is 1. The molecule has 122 valence electrons. The molecule has 2 aliphatic rings. The van der Waals surface area contributed by atoms with Crippen LogP contribution in [0.1, 0.15) is 32.1 Å². The zero-order valence-electron chi connectivity index (χ0n) is 14.0. The summed E-state index contributed by atoms with van der Waals surface area (Å²) in [5.74, 6) is 0.327. The number of likely N-dealkylation sites (N-methyl/N-ethyl adjacent to an activating group) is 1. The third-order valence-corrected chi connectivity index (χ3v) is 5.33. The van der Waals surface area contributed by atoms with Crippen LogP contribution in [0.5, 0.6) is 0 Å². The van der Waals surface area contributed by atoms with Gasteiger partial charge in [-0.3, -0.25) is 4.79 Å². The zero-order valence-corrected chi connectivity index (χ0v) is 14.0. The molecule has 0 spiro atoms. The normalized spacial score (nSPS) is 23.1. The van der Waals surface area contributed by atoms with Crippen molar-refractivity contribution in [2.24, 2.45) is 11.1 Å². The lowest BCUT2D eigenvalue weighted by Crippen LogP contribution is -2.57. The Morgan fingerprint density at radius 1 is 1.24 bits per heavy atom. The van der Waals surface area contributed by atoms with Crippen LogP contribution in [0, 0.1) is 5.41 Å². The minimum atomic E-state index is -0.240. The van der Waals surface area contributed by atoms with Gasteiger partial charge in [0.25, 0.3) is 0 Å². The zero-order chi connectivity index (χ0) is 15.5. The Morgan fingerprint density at radius 3 is 2.29 bits per heavy atom. The number of hydrogen-bond acceptors (Lipinski definition) is 4. The van der Waals surface area contributed by atoms with Crippen molar-refractivity contribution in [3.63, 3.8) is 0 Å². The largest absolute Gasteiger partial charge is 0.338 e. The molecule has 1 aliphatic heterocycles. The van der Waals surface area contributed by atoms with Gasteiger partial charge in [0.1, 0.15) is 0 Å². The van der Waals surface area contributed by atoms with Gasteiger partial charge >= 0.3 is 0 Å². The van der Waals surface area contributed by atoms with Crippen LogP contribution in [0.15, 0.2) is 0 Å². The molecule has 0 bridgehead atoms. The van der Waals surface area contributed by atoms with Crippen LogP contribution in [-0.2, 0) is 4.79 Å². The molecule has 1 aliphatic carbocycles. The summed E-state index contributed by atoms with van der Waals surface area (Å²) in [6, 6.07) is 0.401. The average Bonchev–Trinajstić information content (AvgIpc) is 2.40. The van der Waals surface area contributed by atoms with E-state index in [0.29, 0.717) is 18.5 Å². The molecule has 0 aromatic rings. The first-order valence-electron chi connectivity index (χ1n) is 8.33. The smallest absolute Gasteiger partial charge is 0.230 e. The summed E-state index contributed by atoms with van der Waals surface area (Å²) in [7, 11) is 6.30. The standard InChI is InChI=1S/C16H32N4O/c1-18(2)11-12-20(14-5-9-19(3)10-6-14)15(21)16(13-17)7-4-8-16/h14H,4-13,17H2,1-3H3. The summed E-state index contributed by atoms with van der Waals surface area (Å²) >= 11 is 0. The maximum Gasteiger partial charge on any atom is 0.230 e. The van der Waals surface area contributed by atoms with Crippen molar-refractivity contribution >= 4 is 5.91 Å². The minimum absolute atomic E-state index is 0.240. The number of carbonyl (C=O) groups is 1. The number of hydrogen-bond donors (Lipinski definition) is 1. The van der Waals surface area contributed by atoms with Crippen LogP contribution in [-0.4, -0.2) is 80.5 Å². The van der Waals surface area contributed by atoms with E-state index in [2.05, 4.69) is 35.8 Å². The molecule has 1 saturated carbocycles. The molecule has 0 radical (unpaired) electrons. The Hall–Kier alpha value is -0.650. The number of nitrogens with zero attached hydrogens (tertiary/aromatic N) is 3. The van der Waals surface area contributed by atoms with Gasteiger partial charge in [-0.15, -0.1) is 0 Å². The van der Waals surface area contributed by atoms with Crippen LogP contribution in [0.25, 0.3) is 0 Å². The molecule has 0 unspecified atom stereocenters. The number of carbonyl (C=O) groups excluding carboxylic acids is 1. The summed E-state index contributed by atoms with van der Waals surface area (Å²) in [4.78, 5) is 19.8. The Kier molecular flexibility index (Phi) is 5.63. The van der Waals surface area contributed by atoms with Crippen LogP contribution in [0.3, 0.4) is 0 Å². The molecule has 0 aromatic carbocycles. The van der Waals surface area contributed by atoms with E-state index in [0.717, 1.165) is 58.3 Å². The van der Waals surface area contributed by atoms with Crippen molar-refractivity contribution in [3.05, 3.63) is 0 Å². The van der Waals surface area contributed by atoms with Gasteiger partial charge in [0.05, 0.1) is 5.41 Å². The summed E-state index contributed by atoms with van der Waals surface area (Å²) in [6.07, 6.45) is 5.30. The van der Waals surface area contributed by atoms with Crippen molar-refractivity contribution < 1.29 is 4.79 Å². The molecular weight excluding hydrogens is 264 g/mol. The lowest BCUT2D eigenvalue weighted by molar-refractivity contribution is -0.150. The predicted octanol–water partition coefficient (Wildman–Crippen LogP) is 0.600. The summed E-state index contributed by atoms with van der Waals surface area (Å²) < 4.78 is 0. The van der Waals surface area contributed by atoms with E-state index in [9.17, 15) is 4.79 Å². The molecule has 2 fully saturated rings. The maximum atomic E-state index is 13.1. The average molecular weight is 296 g/mol. The van der Waals surface area contributed by atoms with Gasteiger partial charge in [-0.2, -0.15) is 0 Å². The van der Waals surface area contributed by atoms with Crippen molar-refractivity contribution in [2.75, 3.05) is 53.9 Å². The molecular formula is C16H32N4O. The number of piperidine rings is 1. The van der Waals surface area contributed by atoms with Crippen molar-refractivity contribution in [1.82, 2.24) is 14.7 Å². The summed E-state index contributed by atoms with van der Waals surface area (Å²) in [6.45, 7) is 4.45. The Bertz CT molecular complexity index is 341. The van der Waals surface area contributed by atoms with E-state index in [1.54, 1.807) is 0 Å². The number of rotatable bonds is 6. The quantitative estimate of drug-likeness (QED) is 0.780. The highest BCUT2D eigenvalue weighted by molar-refractivity contribution is 5.84. The maximum absolute atomic E-state index is 13.1. The molecule has 0 aromatic heterocycles. The van der Waals surface area contributed by atoms with Crippen LogP contribution in [0.4, 0.5) is 0 Å². The van der Waals surface area contributed by atoms with Gasteiger partial charge in [-0.25, -0.2) is 0 Å². The summed E-state index contributed by atoms with van der Waals surface area (Å²) in [5, 5.41) is 0. The van der Waals surface area contributed by atoms with Crippen molar-refractivity contribution in [1.29, 1.82) is 0 Å². The fourth-order valence-corrected chi connectivity index (χ4v) is 3.48. The third kappa shape index (κ3) is 3.76. The van der Waals surface area contributed by atoms with Gasteiger partial charge < -0.3 is 20.4 Å². The van der Waals surface area contributed by atoms with Crippen molar-refractivity contribution in [2.45, 2.75) is 38.1 Å². The second-order valence-electron chi connectivity index (χ2n) is 7.17. The van der Waals surface area contributed by atoms with Gasteiger partial charge in [0.2, 0.25) is 5.91 Å². The van der Waals surface area contributed by atoms with Crippen LogP contribution < -0.4 is 5.73 Å². The fourth-order valence-electron chi connectivity index (χ4n) is 3.48. The SMILES string of the molecule is CN(C)CCN(C(=O)C1(CN)CCC1)C1CCN(C)CC1. The Morgan fingerprint density at radius 2 is 1.86 bits per heavy atom. The van der Waals surface area contributed by atoms with E-state index < -0.39 is 0 Å². The second kappa shape index (κ2) is 7.07. The lowest BCUT2D eigenvalue weighted by Gasteiger charge is -2.46. The highest BCUT2D eigenvalue weighted by atomic mass is 16.2. The topological polar surface area (TPSA) is 52.8 Å². The highest BCUT2D eigenvalue weighted by Crippen LogP contribution is 2.42. The third-order valence-electron chi connectivity index (χ3n) is 5.33. The molecule has 21 heavy (non-hydrogen) atoms. The Labute approximate surface area is 129 Å². The van der Waals surface area contributed by atoms with Crippen LogP contribution >= 0.6 is 0 Å².